The second-order valence-electron chi connectivity index (χ2n) is 5.74. The maximum atomic E-state index is 12.6. The number of rotatable bonds is 4. The van der Waals surface area contributed by atoms with Crippen LogP contribution in [-0.2, 0) is 16.1 Å². The second-order valence-corrected chi connectivity index (χ2v) is 5.74. The minimum atomic E-state index is -0.836. The van der Waals surface area contributed by atoms with Gasteiger partial charge < -0.3 is 0 Å². The molecule has 6 heteroatoms. The number of amides is 4. The molecule has 1 fully saturated rings. The molecule has 0 N–H and O–H groups in total. The number of nitriles is 1. The zero-order valence-electron chi connectivity index (χ0n) is 13.5. The topological polar surface area (TPSA) is 81.5 Å². The van der Waals surface area contributed by atoms with E-state index in [9.17, 15) is 14.4 Å². The van der Waals surface area contributed by atoms with Gasteiger partial charge in [-0.2, -0.15) is 5.26 Å². The van der Waals surface area contributed by atoms with Crippen LogP contribution in [0.2, 0.25) is 0 Å². The van der Waals surface area contributed by atoms with Crippen LogP contribution in [0.3, 0.4) is 0 Å². The van der Waals surface area contributed by atoms with E-state index in [2.05, 4.69) is 0 Å². The van der Waals surface area contributed by atoms with E-state index >= 15 is 0 Å². The van der Waals surface area contributed by atoms with Crippen molar-refractivity contribution >= 4 is 17.8 Å². The molecule has 1 saturated heterocycles. The molecule has 4 amide bonds. The minimum absolute atomic E-state index is 0.00682. The Morgan fingerprint density at radius 3 is 2.20 bits per heavy atom. The standard InChI is InChI=1S/C19H15N3O3/c1-13(16-5-3-2-4-6-16)22-18(24)17(23)21(19(22)25)12-15-9-7-14(11-20)8-10-15/h2-10,13H,12H2,1H3. The zero-order chi connectivity index (χ0) is 18.0. The molecule has 1 atom stereocenters. The number of urea groups is 1. The van der Waals surface area contributed by atoms with Crippen LogP contribution in [0.1, 0.15) is 29.7 Å². The molecule has 0 saturated carbocycles. The quantitative estimate of drug-likeness (QED) is 0.636. The van der Waals surface area contributed by atoms with E-state index in [0.717, 1.165) is 15.4 Å². The van der Waals surface area contributed by atoms with Crippen LogP contribution in [0.5, 0.6) is 0 Å². The number of carbonyl (C=O) groups is 3. The molecule has 0 aliphatic carbocycles. The van der Waals surface area contributed by atoms with Gasteiger partial charge in [0.05, 0.1) is 24.2 Å². The molecule has 0 bridgehead atoms. The summed E-state index contributed by atoms with van der Waals surface area (Å²) in [4.78, 5) is 39.1. The fourth-order valence-corrected chi connectivity index (χ4v) is 2.75. The Morgan fingerprint density at radius 2 is 1.60 bits per heavy atom. The van der Waals surface area contributed by atoms with Gasteiger partial charge in [-0.15, -0.1) is 0 Å². The molecule has 0 radical (unpaired) electrons. The fourth-order valence-electron chi connectivity index (χ4n) is 2.75. The summed E-state index contributed by atoms with van der Waals surface area (Å²) in [5.41, 5.74) is 1.93. The first kappa shape index (κ1) is 16.4. The van der Waals surface area contributed by atoms with Crippen molar-refractivity contribution in [2.24, 2.45) is 0 Å². The van der Waals surface area contributed by atoms with Crippen LogP contribution in [0.25, 0.3) is 0 Å². The fraction of sp³-hybridized carbons (Fsp3) is 0.158. The normalized spacial score (nSPS) is 15.4. The molecule has 1 unspecified atom stereocenters. The van der Waals surface area contributed by atoms with Gasteiger partial charge in [0.25, 0.3) is 0 Å². The predicted octanol–water partition coefficient (Wildman–Crippen LogP) is 2.61. The Balaban J connectivity index is 1.83. The SMILES string of the molecule is CC(c1ccccc1)N1C(=O)C(=O)N(Cc2ccc(C#N)cc2)C1=O. The molecule has 1 aliphatic rings. The molecule has 3 rings (SSSR count). The van der Waals surface area contributed by atoms with Crippen molar-refractivity contribution in [3.63, 3.8) is 0 Å². The number of carbonyl (C=O) groups excluding carboxylic acids is 3. The summed E-state index contributed by atoms with van der Waals surface area (Å²) in [6.45, 7) is 1.71. The van der Waals surface area contributed by atoms with Crippen molar-refractivity contribution < 1.29 is 14.4 Å². The van der Waals surface area contributed by atoms with Gasteiger partial charge in [-0.25, -0.2) is 9.69 Å². The maximum absolute atomic E-state index is 12.6. The molecule has 0 aromatic heterocycles. The number of benzene rings is 2. The highest BCUT2D eigenvalue weighted by molar-refractivity contribution is 6.44. The monoisotopic (exact) mass is 333 g/mol. The smallest absolute Gasteiger partial charge is 0.263 e. The van der Waals surface area contributed by atoms with Crippen LogP contribution >= 0.6 is 0 Å². The van der Waals surface area contributed by atoms with Crippen LogP contribution in [-0.4, -0.2) is 27.6 Å². The number of hydrogen-bond acceptors (Lipinski definition) is 4. The van der Waals surface area contributed by atoms with Crippen molar-refractivity contribution in [1.29, 1.82) is 5.26 Å². The third-order valence-electron chi connectivity index (χ3n) is 4.18. The van der Waals surface area contributed by atoms with Gasteiger partial charge in [0.1, 0.15) is 0 Å². The molecule has 2 aromatic rings. The van der Waals surface area contributed by atoms with Crippen molar-refractivity contribution in [2.45, 2.75) is 19.5 Å². The summed E-state index contributed by atoms with van der Waals surface area (Å²) < 4.78 is 0. The Hall–Kier alpha value is -3.46. The van der Waals surface area contributed by atoms with Crippen molar-refractivity contribution in [3.8, 4) is 6.07 Å². The van der Waals surface area contributed by atoms with E-state index in [1.807, 2.05) is 24.3 Å². The molecule has 6 nitrogen and oxygen atoms in total. The molecule has 1 heterocycles. The Labute approximate surface area is 144 Å². The van der Waals surface area contributed by atoms with Gasteiger partial charge in [-0.1, -0.05) is 42.5 Å². The highest BCUT2D eigenvalue weighted by Crippen LogP contribution is 2.27. The predicted molar refractivity (Wildman–Crippen MR) is 88.8 cm³/mol. The summed E-state index contributed by atoms with van der Waals surface area (Å²) in [5, 5.41) is 8.82. The van der Waals surface area contributed by atoms with Gasteiger partial charge in [0.2, 0.25) is 0 Å². The summed E-state index contributed by atoms with van der Waals surface area (Å²) in [7, 11) is 0. The highest BCUT2D eigenvalue weighted by atomic mass is 16.2. The Morgan fingerprint density at radius 1 is 0.960 bits per heavy atom. The number of hydrogen-bond donors (Lipinski definition) is 0. The second kappa shape index (κ2) is 6.57. The van der Waals surface area contributed by atoms with Gasteiger partial charge in [-0.3, -0.25) is 14.5 Å². The molecule has 1 aliphatic heterocycles. The Kier molecular flexibility index (Phi) is 4.31. The molecule has 0 spiro atoms. The van der Waals surface area contributed by atoms with Crippen LogP contribution in [0.4, 0.5) is 4.79 Å². The summed E-state index contributed by atoms with van der Waals surface area (Å²) in [5.74, 6) is -1.66. The lowest BCUT2D eigenvalue weighted by Crippen LogP contribution is -2.35. The molecular weight excluding hydrogens is 318 g/mol. The molecule has 124 valence electrons. The van der Waals surface area contributed by atoms with Crippen LogP contribution in [0.15, 0.2) is 54.6 Å². The summed E-state index contributed by atoms with van der Waals surface area (Å²) in [6.07, 6.45) is 0. The number of nitrogens with zero attached hydrogens (tertiary/aromatic N) is 3. The van der Waals surface area contributed by atoms with E-state index < -0.39 is 23.9 Å². The van der Waals surface area contributed by atoms with Crippen molar-refractivity contribution in [1.82, 2.24) is 9.80 Å². The van der Waals surface area contributed by atoms with E-state index in [0.29, 0.717) is 11.1 Å². The van der Waals surface area contributed by atoms with E-state index in [1.54, 1.807) is 43.3 Å². The average molecular weight is 333 g/mol. The van der Waals surface area contributed by atoms with Gasteiger partial charge in [0, 0.05) is 0 Å². The minimum Gasteiger partial charge on any atom is -0.263 e. The summed E-state index contributed by atoms with van der Waals surface area (Å²) in [6, 6.07) is 16.4. The van der Waals surface area contributed by atoms with Gasteiger partial charge >= 0.3 is 17.8 Å². The molecule has 25 heavy (non-hydrogen) atoms. The molecular formula is C19H15N3O3. The largest absolute Gasteiger partial charge is 0.335 e. The first-order chi connectivity index (χ1) is 12.0. The van der Waals surface area contributed by atoms with Crippen molar-refractivity contribution in [3.05, 3.63) is 71.3 Å². The maximum Gasteiger partial charge on any atom is 0.335 e. The lowest BCUT2D eigenvalue weighted by molar-refractivity contribution is -0.144. The van der Waals surface area contributed by atoms with E-state index in [-0.39, 0.29) is 6.54 Å². The zero-order valence-corrected chi connectivity index (χ0v) is 13.5. The van der Waals surface area contributed by atoms with Crippen LogP contribution < -0.4 is 0 Å². The first-order valence-electron chi connectivity index (χ1n) is 7.76. The van der Waals surface area contributed by atoms with Crippen LogP contribution in [0, 0.1) is 11.3 Å². The lowest BCUT2D eigenvalue weighted by Gasteiger charge is -2.22. The Bertz CT molecular complexity index is 869. The molecule has 2 aromatic carbocycles. The van der Waals surface area contributed by atoms with E-state index in [4.69, 9.17) is 5.26 Å². The third-order valence-corrected chi connectivity index (χ3v) is 4.18. The van der Waals surface area contributed by atoms with Gasteiger partial charge in [0.15, 0.2) is 0 Å². The first-order valence-corrected chi connectivity index (χ1v) is 7.76. The van der Waals surface area contributed by atoms with E-state index in [1.165, 1.54) is 0 Å². The third kappa shape index (κ3) is 3.00. The van der Waals surface area contributed by atoms with Gasteiger partial charge in [-0.05, 0) is 30.2 Å². The number of imide groups is 2. The van der Waals surface area contributed by atoms with Crippen molar-refractivity contribution in [2.75, 3.05) is 0 Å². The lowest BCUT2D eigenvalue weighted by atomic mass is 10.1. The highest BCUT2D eigenvalue weighted by Gasteiger charge is 2.46. The summed E-state index contributed by atoms with van der Waals surface area (Å²) >= 11 is 0. The average Bonchev–Trinajstić information content (AvgIpc) is 2.86.